The van der Waals surface area contributed by atoms with Crippen molar-refractivity contribution in [3.8, 4) is 11.6 Å². The van der Waals surface area contributed by atoms with Gasteiger partial charge in [0, 0.05) is 12.0 Å². The van der Waals surface area contributed by atoms with Crippen molar-refractivity contribution < 1.29 is 4.52 Å². The second-order valence-electron chi connectivity index (χ2n) is 4.33. The number of aromatic amines is 1. The minimum atomic E-state index is -0.235. The molecule has 0 fully saturated rings. The molecule has 0 saturated heterocycles. The molecule has 0 spiro atoms. The Balaban J connectivity index is 2.03. The number of aryl methyl sites for hydroxylation is 1. The van der Waals surface area contributed by atoms with E-state index in [1.807, 2.05) is 13.8 Å². The van der Waals surface area contributed by atoms with Crippen LogP contribution in [0.4, 0.5) is 0 Å². The average Bonchev–Trinajstić information content (AvgIpc) is 2.84. The molecule has 0 aliphatic carbocycles. The highest BCUT2D eigenvalue weighted by Gasteiger charge is 2.15. The van der Waals surface area contributed by atoms with Gasteiger partial charge in [0.2, 0.25) is 11.7 Å². The Bertz CT molecular complexity index is 441. The van der Waals surface area contributed by atoms with Crippen LogP contribution in [-0.4, -0.2) is 30.9 Å². The molecule has 0 aliphatic heterocycles. The third-order valence-electron chi connectivity index (χ3n) is 2.08. The molecule has 2 heterocycles. The second-order valence-corrected chi connectivity index (χ2v) is 4.33. The first-order valence-electron chi connectivity index (χ1n) is 5.02. The Morgan fingerprint density at radius 3 is 2.94 bits per heavy atom. The highest BCUT2D eigenvalue weighted by molar-refractivity contribution is 5.39. The maximum Gasteiger partial charge on any atom is 0.239 e. The molecular weight excluding hydrogens is 208 g/mol. The molecule has 7 nitrogen and oxygen atoms in total. The van der Waals surface area contributed by atoms with E-state index in [1.165, 1.54) is 6.33 Å². The fraction of sp³-hybridized carbons (Fsp3) is 0.556. The number of nitrogens with zero attached hydrogens (tertiary/aromatic N) is 4. The summed E-state index contributed by atoms with van der Waals surface area (Å²) in [4.78, 5) is 8.12. The monoisotopic (exact) mass is 222 g/mol. The third kappa shape index (κ3) is 2.63. The van der Waals surface area contributed by atoms with E-state index in [0.717, 1.165) is 6.42 Å². The first-order valence-corrected chi connectivity index (χ1v) is 5.02. The number of nitrogens with two attached hydrogens (primary N) is 1. The van der Waals surface area contributed by atoms with E-state index in [9.17, 15) is 0 Å². The average molecular weight is 222 g/mol. The summed E-state index contributed by atoms with van der Waals surface area (Å²) < 4.78 is 5.08. The van der Waals surface area contributed by atoms with Gasteiger partial charge >= 0.3 is 0 Å². The van der Waals surface area contributed by atoms with Gasteiger partial charge in [0.1, 0.15) is 6.33 Å². The van der Waals surface area contributed by atoms with E-state index in [4.69, 9.17) is 10.3 Å². The summed E-state index contributed by atoms with van der Waals surface area (Å²) in [5.74, 6) is 1.48. The molecule has 16 heavy (non-hydrogen) atoms. The minimum Gasteiger partial charge on any atom is -0.339 e. The predicted molar refractivity (Wildman–Crippen MR) is 56.3 cm³/mol. The van der Waals surface area contributed by atoms with Crippen molar-refractivity contribution in [3.63, 3.8) is 0 Å². The zero-order valence-corrected chi connectivity index (χ0v) is 9.27. The van der Waals surface area contributed by atoms with Crippen LogP contribution in [0.2, 0.25) is 0 Å². The lowest BCUT2D eigenvalue weighted by molar-refractivity contribution is 0.358. The maximum atomic E-state index is 5.87. The topological polar surface area (TPSA) is 107 Å². The van der Waals surface area contributed by atoms with Gasteiger partial charge in [-0.3, -0.25) is 5.10 Å². The van der Waals surface area contributed by atoms with Crippen LogP contribution in [0.1, 0.15) is 26.2 Å². The number of hydrogen-bond acceptors (Lipinski definition) is 6. The van der Waals surface area contributed by atoms with Gasteiger partial charge in [0.25, 0.3) is 0 Å². The number of aromatic nitrogens is 5. The molecule has 0 atom stereocenters. The highest BCUT2D eigenvalue weighted by Crippen LogP contribution is 2.13. The summed E-state index contributed by atoms with van der Waals surface area (Å²) in [6.45, 7) is 3.92. The van der Waals surface area contributed by atoms with Crippen LogP contribution in [0.3, 0.4) is 0 Å². The fourth-order valence-corrected chi connectivity index (χ4v) is 1.19. The van der Waals surface area contributed by atoms with E-state index in [2.05, 4.69) is 25.3 Å². The Morgan fingerprint density at radius 1 is 1.50 bits per heavy atom. The van der Waals surface area contributed by atoms with Crippen LogP contribution in [0.5, 0.6) is 0 Å². The molecule has 2 rings (SSSR count). The summed E-state index contributed by atoms with van der Waals surface area (Å²) in [6.07, 6.45) is 2.84. The lowest BCUT2D eigenvalue weighted by Gasteiger charge is -2.16. The van der Waals surface area contributed by atoms with Crippen LogP contribution in [0, 0.1) is 0 Å². The molecule has 7 heteroatoms. The van der Waals surface area contributed by atoms with E-state index in [-0.39, 0.29) is 5.54 Å². The lowest BCUT2D eigenvalue weighted by Crippen LogP contribution is -2.32. The molecule has 3 N–H and O–H groups in total. The van der Waals surface area contributed by atoms with E-state index in [0.29, 0.717) is 24.0 Å². The van der Waals surface area contributed by atoms with Gasteiger partial charge in [-0.2, -0.15) is 10.1 Å². The van der Waals surface area contributed by atoms with E-state index in [1.54, 1.807) is 0 Å². The van der Waals surface area contributed by atoms with Crippen LogP contribution >= 0.6 is 0 Å². The Morgan fingerprint density at radius 2 is 2.31 bits per heavy atom. The van der Waals surface area contributed by atoms with Crippen molar-refractivity contribution in [2.45, 2.75) is 32.2 Å². The van der Waals surface area contributed by atoms with Crippen LogP contribution in [0.15, 0.2) is 10.9 Å². The zero-order chi connectivity index (χ0) is 11.6. The molecule has 86 valence electrons. The third-order valence-corrected chi connectivity index (χ3v) is 2.08. The first kappa shape index (κ1) is 10.7. The standard InChI is InChI=1S/C9H14N6O/c1-9(2,10)4-3-6-13-8(15-16-6)7-11-5-12-14-7/h5H,3-4,10H2,1-2H3,(H,11,12,14). The highest BCUT2D eigenvalue weighted by atomic mass is 16.5. The number of hydrogen-bond donors (Lipinski definition) is 2. The van der Waals surface area contributed by atoms with Crippen LogP contribution in [0.25, 0.3) is 11.6 Å². The summed E-state index contributed by atoms with van der Waals surface area (Å²) in [5, 5.41) is 10.2. The van der Waals surface area contributed by atoms with Crippen molar-refractivity contribution in [1.29, 1.82) is 0 Å². The van der Waals surface area contributed by atoms with E-state index >= 15 is 0 Å². The molecular formula is C9H14N6O. The first-order chi connectivity index (χ1) is 7.54. The summed E-state index contributed by atoms with van der Waals surface area (Å²) in [6, 6.07) is 0. The van der Waals surface area contributed by atoms with E-state index < -0.39 is 0 Å². The van der Waals surface area contributed by atoms with Gasteiger partial charge in [0.05, 0.1) is 0 Å². The maximum absolute atomic E-state index is 5.87. The van der Waals surface area contributed by atoms with Gasteiger partial charge in [0.15, 0.2) is 5.82 Å². The molecule has 0 aromatic carbocycles. The van der Waals surface area contributed by atoms with Gasteiger partial charge in [-0.1, -0.05) is 5.16 Å². The van der Waals surface area contributed by atoms with Crippen molar-refractivity contribution in [3.05, 3.63) is 12.2 Å². The molecule has 0 radical (unpaired) electrons. The molecule has 2 aromatic rings. The molecule has 0 unspecified atom stereocenters. The zero-order valence-electron chi connectivity index (χ0n) is 9.27. The van der Waals surface area contributed by atoms with Crippen molar-refractivity contribution in [1.82, 2.24) is 25.3 Å². The minimum absolute atomic E-state index is 0.235. The number of nitrogens with one attached hydrogen (secondary N) is 1. The quantitative estimate of drug-likeness (QED) is 0.781. The summed E-state index contributed by atoms with van der Waals surface area (Å²) in [5.41, 5.74) is 5.63. The predicted octanol–water partition coefficient (Wildman–Crippen LogP) is 0.525. The SMILES string of the molecule is CC(C)(N)CCc1nc(-c2ncn[nH]2)no1. The second kappa shape index (κ2) is 4.01. The number of H-pyrrole nitrogens is 1. The molecule has 0 amide bonds. The molecule has 0 aliphatic rings. The Labute approximate surface area is 92.5 Å². The van der Waals surface area contributed by atoms with Crippen LogP contribution in [-0.2, 0) is 6.42 Å². The fourth-order valence-electron chi connectivity index (χ4n) is 1.19. The lowest BCUT2D eigenvalue weighted by atomic mass is 10.0. The number of rotatable bonds is 4. The summed E-state index contributed by atoms with van der Waals surface area (Å²) in [7, 11) is 0. The molecule has 0 saturated carbocycles. The van der Waals surface area contributed by atoms with Crippen molar-refractivity contribution in [2.24, 2.45) is 5.73 Å². The molecule has 2 aromatic heterocycles. The smallest absolute Gasteiger partial charge is 0.239 e. The van der Waals surface area contributed by atoms with Gasteiger partial charge in [-0.05, 0) is 20.3 Å². The normalized spacial score (nSPS) is 11.9. The van der Waals surface area contributed by atoms with Crippen molar-refractivity contribution in [2.75, 3.05) is 0 Å². The van der Waals surface area contributed by atoms with Gasteiger partial charge < -0.3 is 10.3 Å². The largest absolute Gasteiger partial charge is 0.339 e. The van der Waals surface area contributed by atoms with Crippen molar-refractivity contribution >= 4 is 0 Å². The molecule has 0 bridgehead atoms. The summed E-state index contributed by atoms with van der Waals surface area (Å²) >= 11 is 0. The Kier molecular flexibility index (Phi) is 2.69. The van der Waals surface area contributed by atoms with Crippen LogP contribution < -0.4 is 5.73 Å². The Hall–Kier alpha value is -1.76. The van der Waals surface area contributed by atoms with Gasteiger partial charge in [-0.15, -0.1) is 0 Å². The van der Waals surface area contributed by atoms with Gasteiger partial charge in [-0.25, -0.2) is 4.98 Å².